The van der Waals surface area contributed by atoms with Crippen molar-refractivity contribution in [3.8, 4) is 5.75 Å². The molecule has 1 spiro atoms. The molecule has 1 atom stereocenters. The molecule has 130 valence electrons. The summed E-state index contributed by atoms with van der Waals surface area (Å²) >= 11 is 0. The van der Waals surface area contributed by atoms with E-state index in [-0.39, 0.29) is 5.60 Å². The fraction of sp³-hybridized carbons (Fsp3) is 0.474. The minimum atomic E-state index is -0.0977. The molecule has 4 aliphatic heterocycles. The summed E-state index contributed by atoms with van der Waals surface area (Å²) in [6, 6.07) is 7.98. The quantitative estimate of drug-likeness (QED) is 0.912. The Kier molecular flexibility index (Phi) is 3.43. The first-order valence-electron chi connectivity index (χ1n) is 8.92. The van der Waals surface area contributed by atoms with Crippen molar-refractivity contribution >= 4 is 22.4 Å². The van der Waals surface area contributed by atoms with E-state index in [2.05, 4.69) is 15.4 Å². The molecule has 4 aliphatic rings. The number of nitrogens with one attached hydrogen (secondary N) is 1. The molecule has 0 aliphatic carbocycles. The van der Waals surface area contributed by atoms with Gasteiger partial charge in [-0.2, -0.15) is 0 Å². The van der Waals surface area contributed by atoms with E-state index in [1.54, 1.807) is 7.11 Å². The van der Waals surface area contributed by atoms with Gasteiger partial charge in [0.05, 0.1) is 7.11 Å². The van der Waals surface area contributed by atoms with Gasteiger partial charge in [0.1, 0.15) is 17.2 Å². The second-order valence-electron chi connectivity index (χ2n) is 7.31. The van der Waals surface area contributed by atoms with Gasteiger partial charge in [-0.25, -0.2) is 9.98 Å². The number of aromatic nitrogens is 1. The van der Waals surface area contributed by atoms with Gasteiger partial charge in [-0.1, -0.05) is 6.07 Å². The highest BCUT2D eigenvalue weighted by atomic mass is 16.7. The van der Waals surface area contributed by atoms with Gasteiger partial charge in [-0.3, -0.25) is 10.3 Å². The Morgan fingerprint density at radius 1 is 1.28 bits per heavy atom. The van der Waals surface area contributed by atoms with Crippen LogP contribution in [0.1, 0.15) is 19.3 Å². The van der Waals surface area contributed by atoms with Crippen LogP contribution in [0, 0.1) is 5.92 Å². The number of nitrogens with zero attached hydrogens (tertiary/aromatic N) is 3. The molecule has 0 radical (unpaired) electrons. The number of methoxy groups -OCH3 is 1. The first kappa shape index (κ1) is 15.1. The van der Waals surface area contributed by atoms with Crippen LogP contribution >= 0.6 is 0 Å². The summed E-state index contributed by atoms with van der Waals surface area (Å²) in [5.74, 6) is 3.06. The Morgan fingerprint density at radius 3 is 2.92 bits per heavy atom. The molecule has 1 aromatic carbocycles. The zero-order chi connectivity index (χ0) is 16.9. The number of hydrogen-bond donors (Lipinski definition) is 1. The van der Waals surface area contributed by atoms with E-state index < -0.39 is 0 Å². The number of fused-ring (bicyclic) bond motifs is 3. The van der Waals surface area contributed by atoms with E-state index in [4.69, 9.17) is 14.6 Å². The van der Waals surface area contributed by atoms with Gasteiger partial charge in [-0.05, 0) is 55.4 Å². The van der Waals surface area contributed by atoms with E-state index in [1.807, 2.05) is 30.5 Å². The highest BCUT2D eigenvalue weighted by molar-refractivity contribution is 5.89. The summed E-state index contributed by atoms with van der Waals surface area (Å²) in [4.78, 5) is 17.7. The number of hydroxylamine groups is 1. The molecule has 1 unspecified atom stereocenters. The maximum atomic E-state index is 6.05. The van der Waals surface area contributed by atoms with E-state index in [9.17, 15) is 0 Å². The Bertz CT molecular complexity index is 844. The van der Waals surface area contributed by atoms with Crippen LogP contribution in [0.2, 0.25) is 0 Å². The van der Waals surface area contributed by atoms with Gasteiger partial charge in [-0.15, -0.1) is 0 Å². The van der Waals surface area contributed by atoms with Crippen molar-refractivity contribution < 1.29 is 9.57 Å². The molecule has 4 saturated heterocycles. The third-order valence-electron chi connectivity index (χ3n) is 5.83. The minimum absolute atomic E-state index is 0.0977. The van der Waals surface area contributed by atoms with Crippen molar-refractivity contribution in [1.82, 2.24) is 15.4 Å². The molecule has 0 amide bonds. The van der Waals surface area contributed by atoms with Crippen LogP contribution in [0.4, 0.5) is 5.82 Å². The van der Waals surface area contributed by atoms with Gasteiger partial charge in [0.2, 0.25) is 0 Å². The lowest BCUT2D eigenvalue weighted by Gasteiger charge is -2.49. The highest BCUT2D eigenvalue weighted by Crippen LogP contribution is 2.42. The molecule has 5 heterocycles. The Hall–Kier alpha value is -2.18. The molecule has 25 heavy (non-hydrogen) atoms. The number of rotatable bonds is 2. The molecule has 1 aromatic heterocycles. The van der Waals surface area contributed by atoms with Crippen LogP contribution in [0.25, 0.3) is 10.8 Å². The molecule has 0 saturated carbocycles. The molecule has 6 rings (SSSR count). The standard InChI is InChI=1S/C19H22N4O2/c1-24-16-3-2-13-9-17(20-11-14(13)8-16)21-18-10-19(25-22-18)12-23-6-4-15(19)5-7-23/h2-3,8-9,11,15H,4-7,10,12H2,1H3,(H,20,21,22). The SMILES string of the molecule is COc1ccc2cc(N=C3CC4(CN5CCC4CC5)ON3)ncc2c1. The zero-order valence-corrected chi connectivity index (χ0v) is 14.4. The van der Waals surface area contributed by atoms with E-state index in [1.165, 1.54) is 25.9 Å². The largest absolute Gasteiger partial charge is 0.497 e. The Labute approximate surface area is 146 Å². The minimum Gasteiger partial charge on any atom is -0.497 e. The normalized spacial score (nSPS) is 32.4. The number of pyridine rings is 1. The van der Waals surface area contributed by atoms with Gasteiger partial charge >= 0.3 is 0 Å². The van der Waals surface area contributed by atoms with Crippen LogP contribution < -0.4 is 10.2 Å². The number of benzene rings is 1. The van der Waals surface area contributed by atoms with Crippen molar-refractivity contribution in [3.05, 3.63) is 30.5 Å². The van der Waals surface area contributed by atoms with Crippen LogP contribution in [-0.4, -0.2) is 48.1 Å². The monoisotopic (exact) mass is 338 g/mol. The second-order valence-corrected chi connectivity index (χ2v) is 7.31. The predicted octanol–water partition coefficient (Wildman–Crippen LogP) is 2.66. The summed E-state index contributed by atoms with van der Waals surface area (Å²) in [6.07, 6.45) is 5.14. The topological polar surface area (TPSA) is 59.0 Å². The molecule has 2 aromatic rings. The van der Waals surface area contributed by atoms with Gasteiger partial charge in [0, 0.05) is 24.5 Å². The molecule has 4 fully saturated rings. The second kappa shape index (κ2) is 5.68. The summed E-state index contributed by atoms with van der Waals surface area (Å²) in [6.45, 7) is 3.42. The van der Waals surface area contributed by atoms with Gasteiger partial charge in [0.15, 0.2) is 5.82 Å². The van der Waals surface area contributed by atoms with Crippen LogP contribution in [-0.2, 0) is 4.84 Å². The predicted molar refractivity (Wildman–Crippen MR) is 96.1 cm³/mol. The molecule has 6 heteroatoms. The van der Waals surface area contributed by atoms with Crippen molar-refractivity contribution in [1.29, 1.82) is 0 Å². The first-order valence-corrected chi connectivity index (χ1v) is 8.92. The summed E-state index contributed by atoms with van der Waals surface area (Å²) in [5, 5.41) is 2.15. The maximum Gasteiger partial charge on any atom is 0.154 e. The summed E-state index contributed by atoms with van der Waals surface area (Å²) in [7, 11) is 1.67. The first-order chi connectivity index (χ1) is 12.2. The van der Waals surface area contributed by atoms with Gasteiger partial charge < -0.3 is 9.64 Å². The van der Waals surface area contributed by atoms with Crippen molar-refractivity contribution in [2.45, 2.75) is 24.9 Å². The van der Waals surface area contributed by atoms with Crippen molar-refractivity contribution in [2.75, 3.05) is 26.7 Å². The number of amidine groups is 1. The third kappa shape index (κ3) is 2.56. The molecule has 6 nitrogen and oxygen atoms in total. The van der Waals surface area contributed by atoms with Crippen LogP contribution in [0.15, 0.2) is 35.5 Å². The average molecular weight is 338 g/mol. The van der Waals surface area contributed by atoms with E-state index in [0.717, 1.165) is 35.3 Å². The lowest BCUT2D eigenvalue weighted by Crippen LogP contribution is -2.59. The molecule has 1 N–H and O–H groups in total. The van der Waals surface area contributed by atoms with Crippen molar-refractivity contribution in [2.24, 2.45) is 10.9 Å². The number of piperidine rings is 3. The lowest BCUT2D eigenvalue weighted by atomic mass is 9.74. The lowest BCUT2D eigenvalue weighted by molar-refractivity contribution is -0.150. The average Bonchev–Trinajstić information content (AvgIpc) is 3.04. The van der Waals surface area contributed by atoms with E-state index >= 15 is 0 Å². The number of hydrogen-bond acceptors (Lipinski definition) is 5. The van der Waals surface area contributed by atoms with Crippen LogP contribution in [0.3, 0.4) is 0 Å². The maximum absolute atomic E-state index is 6.05. The summed E-state index contributed by atoms with van der Waals surface area (Å²) < 4.78 is 5.26. The molecular formula is C19H22N4O2. The fourth-order valence-corrected chi connectivity index (χ4v) is 4.45. The Morgan fingerprint density at radius 2 is 2.16 bits per heavy atom. The van der Waals surface area contributed by atoms with E-state index in [0.29, 0.717) is 11.7 Å². The van der Waals surface area contributed by atoms with Crippen molar-refractivity contribution in [3.63, 3.8) is 0 Å². The molecule has 2 bridgehead atoms. The zero-order valence-electron chi connectivity index (χ0n) is 14.4. The third-order valence-corrected chi connectivity index (χ3v) is 5.83. The highest BCUT2D eigenvalue weighted by Gasteiger charge is 2.52. The number of aliphatic imine (C=N–C) groups is 1. The molecular weight excluding hydrogens is 316 g/mol. The number of ether oxygens (including phenoxy) is 1. The van der Waals surface area contributed by atoms with Crippen LogP contribution in [0.5, 0.6) is 5.75 Å². The summed E-state index contributed by atoms with van der Waals surface area (Å²) in [5.41, 5.74) is 2.98. The fourth-order valence-electron chi connectivity index (χ4n) is 4.45. The van der Waals surface area contributed by atoms with Gasteiger partial charge in [0.25, 0.3) is 0 Å². The Balaban J connectivity index is 1.40. The smallest absolute Gasteiger partial charge is 0.154 e.